The fraction of sp³-hybridized carbons (Fsp3) is 0.945. The number of rotatable bonds is 71. The zero-order valence-corrected chi connectivity index (χ0v) is 61.8. The first-order valence-corrected chi connectivity index (χ1v) is 40.9. The van der Waals surface area contributed by atoms with Crippen LogP contribution in [0.25, 0.3) is 0 Å². The minimum absolute atomic E-state index is 0.106. The number of phosphoric acid groups is 2. The molecule has 3 N–H and O–H groups in total. The predicted octanol–water partition coefficient (Wildman–Crippen LogP) is 21.0. The van der Waals surface area contributed by atoms with Crippen LogP contribution in [0, 0.1) is 17.8 Å². The van der Waals surface area contributed by atoms with Crippen molar-refractivity contribution in [3.05, 3.63) is 0 Å². The fourth-order valence-corrected chi connectivity index (χ4v) is 12.6. The highest BCUT2D eigenvalue weighted by molar-refractivity contribution is 7.47. The van der Waals surface area contributed by atoms with Gasteiger partial charge in [-0.3, -0.25) is 37.3 Å². The molecule has 0 heterocycles. The van der Waals surface area contributed by atoms with Crippen molar-refractivity contribution in [1.29, 1.82) is 0 Å². The van der Waals surface area contributed by atoms with Gasteiger partial charge >= 0.3 is 39.5 Å². The second kappa shape index (κ2) is 63.8. The number of esters is 4. The van der Waals surface area contributed by atoms with Gasteiger partial charge in [-0.25, -0.2) is 9.13 Å². The van der Waals surface area contributed by atoms with Gasteiger partial charge in [0.1, 0.15) is 19.3 Å². The van der Waals surface area contributed by atoms with Crippen LogP contribution in [0.5, 0.6) is 0 Å². The molecule has 3 unspecified atom stereocenters. The lowest BCUT2D eigenvalue weighted by molar-refractivity contribution is -0.161. The average molecular weight is 1350 g/mol. The van der Waals surface area contributed by atoms with Crippen molar-refractivity contribution in [3.63, 3.8) is 0 Å². The summed E-state index contributed by atoms with van der Waals surface area (Å²) in [6.07, 6.45) is 48.4. The first-order chi connectivity index (χ1) is 44.3. The van der Waals surface area contributed by atoms with Crippen molar-refractivity contribution in [2.75, 3.05) is 39.6 Å². The Balaban J connectivity index is 5.25. The Bertz CT molecular complexity index is 1800. The van der Waals surface area contributed by atoms with Crippen LogP contribution in [0.1, 0.15) is 370 Å². The summed E-state index contributed by atoms with van der Waals surface area (Å²) in [5, 5.41) is 10.6. The van der Waals surface area contributed by atoms with Gasteiger partial charge in [0.25, 0.3) is 0 Å². The van der Waals surface area contributed by atoms with E-state index in [0.29, 0.717) is 25.7 Å². The maximum Gasteiger partial charge on any atom is 0.472 e. The largest absolute Gasteiger partial charge is 0.472 e. The summed E-state index contributed by atoms with van der Waals surface area (Å²) in [5.74, 6) is 0.229. The lowest BCUT2D eigenvalue weighted by Crippen LogP contribution is -2.30. The Morgan fingerprint density at radius 1 is 0.315 bits per heavy atom. The van der Waals surface area contributed by atoms with Crippen LogP contribution in [-0.4, -0.2) is 96.7 Å². The van der Waals surface area contributed by atoms with E-state index in [-0.39, 0.29) is 25.7 Å². The number of hydrogen-bond acceptors (Lipinski definition) is 15. The van der Waals surface area contributed by atoms with Crippen LogP contribution in [0.2, 0.25) is 0 Å². The number of carbonyl (C=O) groups is 4. The third-order valence-electron chi connectivity index (χ3n) is 17.2. The first kappa shape index (κ1) is 90.1. The number of aliphatic hydroxyl groups is 1. The third kappa shape index (κ3) is 65.4. The Morgan fingerprint density at radius 3 is 0.826 bits per heavy atom. The highest BCUT2D eigenvalue weighted by Crippen LogP contribution is 2.45. The molecule has 0 radical (unpaired) electrons. The molecule has 92 heavy (non-hydrogen) atoms. The van der Waals surface area contributed by atoms with E-state index in [0.717, 1.165) is 108 Å². The van der Waals surface area contributed by atoms with E-state index in [1.54, 1.807) is 0 Å². The predicted molar refractivity (Wildman–Crippen MR) is 372 cm³/mol. The normalized spacial score (nSPS) is 14.4. The lowest BCUT2D eigenvalue weighted by Gasteiger charge is -2.21. The van der Waals surface area contributed by atoms with Crippen molar-refractivity contribution in [2.45, 2.75) is 388 Å². The molecular formula is C73H142O17P2. The molecule has 0 aromatic carbocycles. The Kier molecular flexibility index (Phi) is 62.4. The highest BCUT2D eigenvalue weighted by Gasteiger charge is 2.30. The molecule has 0 amide bonds. The molecular weight excluding hydrogens is 1210 g/mol. The zero-order chi connectivity index (χ0) is 68.0. The molecule has 0 aromatic heterocycles. The molecule has 546 valence electrons. The summed E-state index contributed by atoms with van der Waals surface area (Å²) in [6.45, 7) is 11.9. The van der Waals surface area contributed by atoms with Crippen LogP contribution in [0.4, 0.5) is 0 Å². The summed E-state index contributed by atoms with van der Waals surface area (Å²) in [7, 11) is -9.91. The van der Waals surface area contributed by atoms with Gasteiger partial charge in [0.15, 0.2) is 12.2 Å². The molecule has 0 saturated heterocycles. The van der Waals surface area contributed by atoms with Crippen LogP contribution in [0.3, 0.4) is 0 Å². The van der Waals surface area contributed by atoms with Gasteiger partial charge in [-0.1, -0.05) is 318 Å². The molecule has 19 heteroatoms. The summed E-state index contributed by atoms with van der Waals surface area (Å²) in [6, 6.07) is 0. The fourth-order valence-electron chi connectivity index (χ4n) is 11.0. The minimum Gasteiger partial charge on any atom is -0.462 e. The quantitative estimate of drug-likeness (QED) is 0.0222. The van der Waals surface area contributed by atoms with Gasteiger partial charge in [0.05, 0.1) is 26.4 Å². The molecule has 0 aromatic rings. The Labute approximate surface area is 562 Å². The molecule has 6 atom stereocenters. The van der Waals surface area contributed by atoms with E-state index < -0.39 is 97.5 Å². The van der Waals surface area contributed by atoms with Crippen LogP contribution in [-0.2, 0) is 65.4 Å². The minimum atomic E-state index is -4.95. The topological polar surface area (TPSA) is 237 Å². The average Bonchev–Trinajstić information content (AvgIpc) is 1.52. The van der Waals surface area contributed by atoms with E-state index in [1.807, 2.05) is 0 Å². The van der Waals surface area contributed by atoms with Crippen LogP contribution < -0.4 is 0 Å². The number of ether oxygens (including phenoxy) is 4. The van der Waals surface area contributed by atoms with Gasteiger partial charge in [0, 0.05) is 25.7 Å². The summed E-state index contributed by atoms with van der Waals surface area (Å²) < 4.78 is 68.4. The SMILES string of the molecule is CCCCCCCCCCCC(=O)OC[C@H](COP(=O)(O)OC[C@H](O)COP(=O)(O)OC[C@@H](COC(=O)CCCCCCCCCCCCCC(C)C)OC(=O)CCCCCCCCCCCCCCC(C)C)OC(=O)CCCCCCCCCCCCC(C)CC. The first-order valence-electron chi connectivity index (χ1n) is 37.9. The van der Waals surface area contributed by atoms with Crippen molar-refractivity contribution in [2.24, 2.45) is 17.8 Å². The number of unbranched alkanes of at least 4 members (excludes halogenated alkanes) is 38. The molecule has 0 aliphatic heterocycles. The third-order valence-corrected chi connectivity index (χ3v) is 19.1. The number of aliphatic hydroxyl groups excluding tert-OH is 1. The maximum atomic E-state index is 13.1. The Hall–Kier alpha value is -1.94. The molecule has 17 nitrogen and oxygen atoms in total. The molecule has 0 aliphatic carbocycles. The van der Waals surface area contributed by atoms with Crippen molar-refractivity contribution >= 4 is 39.5 Å². The van der Waals surface area contributed by atoms with Gasteiger partial charge in [-0.05, 0) is 43.4 Å². The lowest BCUT2D eigenvalue weighted by atomic mass is 9.99. The van der Waals surface area contributed by atoms with Crippen molar-refractivity contribution < 1.29 is 80.2 Å². The molecule has 0 bridgehead atoms. The monoisotopic (exact) mass is 1350 g/mol. The standard InChI is InChI=1S/C73H142O17P2/c1-8-10-11-12-13-23-33-40-47-54-70(75)83-60-68(90-73(78)57-50-43-36-29-22-21-26-32-39-46-53-66(7)9-2)62-87-91(79,80)85-58-67(74)59-86-92(81,82)88-63-69(61-84-71(76)55-48-41-34-27-20-16-18-25-31-38-45-52-65(5)6)89-72(77)56-49-42-35-28-19-15-14-17-24-30-37-44-51-64(3)4/h64-69,74H,8-63H2,1-7H3,(H,79,80)(H,81,82)/t66?,67-,68+,69+/m0/s1. The van der Waals surface area contributed by atoms with Gasteiger partial charge in [0.2, 0.25) is 0 Å². The van der Waals surface area contributed by atoms with E-state index in [4.69, 9.17) is 37.0 Å². The van der Waals surface area contributed by atoms with Gasteiger partial charge in [-0.2, -0.15) is 0 Å². The number of phosphoric ester groups is 2. The smallest absolute Gasteiger partial charge is 0.462 e. The highest BCUT2D eigenvalue weighted by atomic mass is 31.2. The summed E-state index contributed by atoms with van der Waals surface area (Å²) >= 11 is 0. The van der Waals surface area contributed by atoms with Crippen molar-refractivity contribution in [1.82, 2.24) is 0 Å². The van der Waals surface area contributed by atoms with E-state index in [1.165, 1.54) is 180 Å². The summed E-state index contributed by atoms with van der Waals surface area (Å²) in [4.78, 5) is 72.7. The van der Waals surface area contributed by atoms with Gasteiger partial charge in [-0.15, -0.1) is 0 Å². The van der Waals surface area contributed by atoms with Crippen LogP contribution >= 0.6 is 15.6 Å². The van der Waals surface area contributed by atoms with E-state index >= 15 is 0 Å². The second-order valence-corrected chi connectivity index (χ2v) is 30.4. The summed E-state index contributed by atoms with van der Waals surface area (Å²) in [5.41, 5.74) is 0. The van der Waals surface area contributed by atoms with Crippen molar-refractivity contribution in [3.8, 4) is 0 Å². The zero-order valence-electron chi connectivity index (χ0n) is 60.0. The van der Waals surface area contributed by atoms with Gasteiger partial charge < -0.3 is 33.8 Å². The Morgan fingerprint density at radius 2 is 0.554 bits per heavy atom. The molecule has 0 fully saturated rings. The number of carbonyl (C=O) groups excluding carboxylic acids is 4. The number of hydrogen-bond donors (Lipinski definition) is 3. The second-order valence-electron chi connectivity index (χ2n) is 27.5. The molecule has 0 saturated carbocycles. The molecule has 0 rings (SSSR count). The molecule has 0 spiro atoms. The van der Waals surface area contributed by atoms with Crippen LogP contribution in [0.15, 0.2) is 0 Å². The molecule has 0 aliphatic rings. The van der Waals surface area contributed by atoms with E-state index in [9.17, 15) is 43.2 Å². The van der Waals surface area contributed by atoms with E-state index in [2.05, 4.69) is 48.5 Å². The maximum absolute atomic E-state index is 13.1.